The molecule has 0 heterocycles. The Morgan fingerprint density at radius 1 is 1.10 bits per heavy atom. The number of carbonyl (C=O) groups excluding carboxylic acids is 1. The van der Waals surface area contributed by atoms with Gasteiger partial charge in [0.05, 0.1) is 19.6 Å². The summed E-state index contributed by atoms with van der Waals surface area (Å²) >= 11 is 0. The molecule has 0 fully saturated rings. The maximum atomic E-state index is 11.8. The first-order chi connectivity index (χ1) is 9.79. The molecular formula is C16H20N2O2. The number of amides is 1. The molecule has 0 aromatic heterocycles. The first-order valence-corrected chi connectivity index (χ1v) is 6.82. The molecule has 0 spiro atoms. The molecule has 0 saturated carbocycles. The number of hydrogen-bond acceptors (Lipinski definition) is 3. The molecule has 2 aromatic rings. The maximum absolute atomic E-state index is 11.8. The van der Waals surface area contributed by atoms with Gasteiger partial charge in [0.25, 0.3) is 0 Å². The van der Waals surface area contributed by atoms with Crippen molar-refractivity contribution in [2.24, 2.45) is 5.73 Å². The smallest absolute Gasteiger partial charge is 0.224 e. The number of carbonyl (C=O) groups is 1. The van der Waals surface area contributed by atoms with E-state index in [0.717, 1.165) is 10.9 Å². The van der Waals surface area contributed by atoms with Crippen LogP contribution >= 0.6 is 0 Å². The third-order valence-corrected chi connectivity index (χ3v) is 3.01. The summed E-state index contributed by atoms with van der Waals surface area (Å²) in [4.78, 5) is 11.8. The fraction of sp³-hybridized carbons (Fsp3) is 0.312. The molecule has 2 rings (SSSR count). The fourth-order valence-corrected chi connectivity index (χ4v) is 2.04. The Morgan fingerprint density at radius 2 is 1.90 bits per heavy atom. The summed E-state index contributed by atoms with van der Waals surface area (Å²) in [6, 6.07) is 14.2. The largest absolute Gasteiger partial charge is 0.378 e. The van der Waals surface area contributed by atoms with Crippen LogP contribution in [0.25, 0.3) is 10.8 Å². The number of nitrogens with one attached hydrogen (secondary N) is 1. The van der Waals surface area contributed by atoms with E-state index in [0.29, 0.717) is 32.7 Å². The first-order valence-electron chi connectivity index (χ1n) is 6.82. The lowest BCUT2D eigenvalue weighted by Crippen LogP contribution is -2.29. The monoisotopic (exact) mass is 272 g/mol. The Labute approximate surface area is 118 Å². The average molecular weight is 272 g/mol. The van der Waals surface area contributed by atoms with Gasteiger partial charge in [-0.25, -0.2) is 0 Å². The molecule has 3 N–H and O–H groups in total. The zero-order valence-corrected chi connectivity index (χ0v) is 11.5. The van der Waals surface area contributed by atoms with Gasteiger partial charge in [-0.05, 0) is 16.3 Å². The lowest BCUT2D eigenvalue weighted by molar-refractivity contribution is -0.120. The van der Waals surface area contributed by atoms with Gasteiger partial charge in [-0.1, -0.05) is 42.5 Å². The SMILES string of the molecule is NCCOCCNC(=O)Cc1ccc2ccccc2c1. The molecular weight excluding hydrogens is 252 g/mol. The van der Waals surface area contributed by atoms with Crippen LogP contribution in [0.5, 0.6) is 0 Å². The minimum Gasteiger partial charge on any atom is -0.378 e. The Morgan fingerprint density at radius 3 is 2.70 bits per heavy atom. The second-order valence-electron chi connectivity index (χ2n) is 4.61. The van der Waals surface area contributed by atoms with E-state index in [4.69, 9.17) is 10.5 Å². The molecule has 0 bridgehead atoms. The summed E-state index contributed by atoms with van der Waals surface area (Å²) in [6.45, 7) is 2.05. The molecule has 0 radical (unpaired) electrons. The lowest BCUT2D eigenvalue weighted by Gasteiger charge is -2.06. The molecule has 106 valence electrons. The quantitative estimate of drug-likeness (QED) is 0.750. The van der Waals surface area contributed by atoms with Crippen molar-refractivity contribution in [1.82, 2.24) is 5.32 Å². The highest BCUT2D eigenvalue weighted by Crippen LogP contribution is 2.15. The minimum atomic E-state index is 0.0108. The minimum absolute atomic E-state index is 0.0108. The van der Waals surface area contributed by atoms with E-state index in [2.05, 4.69) is 23.5 Å². The van der Waals surface area contributed by atoms with Crippen molar-refractivity contribution < 1.29 is 9.53 Å². The van der Waals surface area contributed by atoms with E-state index < -0.39 is 0 Å². The highest BCUT2D eigenvalue weighted by molar-refractivity contribution is 5.85. The van der Waals surface area contributed by atoms with Crippen molar-refractivity contribution in [3.63, 3.8) is 0 Å². The second-order valence-corrected chi connectivity index (χ2v) is 4.61. The molecule has 0 atom stereocenters. The van der Waals surface area contributed by atoms with Gasteiger partial charge in [-0.15, -0.1) is 0 Å². The van der Waals surface area contributed by atoms with Crippen molar-refractivity contribution in [2.75, 3.05) is 26.3 Å². The number of hydrogen-bond donors (Lipinski definition) is 2. The third-order valence-electron chi connectivity index (χ3n) is 3.01. The second kappa shape index (κ2) is 7.62. The summed E-state index contributed by atoms with van der Waals surface area (Å²) in [7, 11) is 0. The van der Waals surface area contributed by atoms with Crippen molar-refractivity contribution >= 4 is 16.7 Å². The van der Waals surface area contributed by atoms with Gasteiger partial charge >= 0.3 is 0 Å². The maximum Gasteiger partial charge on any atom is 0.224 e. The Bertz CT molecular complexity index is 569. The summed E-state index contributed by atoms with van der Waals surface area (Å²) in [5, 5.41) is 5.18. The average Bonchev–Trinajstić information content (AvgIpc) is 2.47. The molecule has 0 aliphatic heterocycles. The predicted molar refractivity (Wildman–Crippen MR) is 80.5 cm³/mol. The summed E-state index contributed by atoms with van der Waals surface area (Å²) in [5.41, 5.74) is 6.32. The molecule has 0 aliphatic carbocycles. The van der Waals surface area contributed by atoms with E-state index in [-0.39, 0.29) is 5.91 Å². The molecule has 0 aliphatic rings. The topological polar surface area (TPSA) is 64.3 Å². The first kappa shape index (κ1) is 14.5. The van der Waals surface area contributed by atoms with Gasteiger partial charge in [0.1, 0.15) is 0 Å². The van der Waals surface area contributed by atoms with Crippen molar-refractivity contribution in [2.45, 2.75) is 6.42 Å². The molecule has 0 saturated heterocycles. The normalized spacial score (nSPS) is 10.7. The van der Waals surface area contributed by atoms with Crippen LogP contribution in [-0.2, 0) is 16.0 Å². The molecule has 4 nitrogen and oxygen atoms in total. The predicted octanol–water partition coefficient (Wildman–Crippen LogP) is 1.47. The van der Waals surface area contributed by atoms with E-state index in [9.17, 15) is 4.79 Å². The highest BCUT2D eigenvalue weighted by atomic mass is 16.5. The number of ether oxygens (including phenoxy) is 1. The van der Waals surface area contributed by atoms with Gasteiger partial charge < -0.3 is 15.8 Å². The van der Waals surface area contributed by atoms with Crippen LogP contribution in [0.2, 0.25) is 0 Å². The van der Waals surface area contributed by atoms with Crippen LogP contribution in [0, 0.1) is 0 Å². The van der Waals surface area contributed by atoms with Crippen LogP contribution in [0.1, 0.15) is 5.56 Å². The summed E-state index contributed by atoms with van der Waals surface area (Å²) in [6.07, 6.45) is 0.391. The van der Waals surface area contributed by atoms with E-state index in [1.165, 1.54) is 5.39 Å². The fourth-order valence-electron chi connectivity index (χ4n) is 2.04. The van der Waals surface area contributed by atoms with Gasteiger partial charge in [0, 0.05) is 13.1 Å². The number of nitrogens with two attached hydrogens (primary N) is 1. The Hall–Kier alpha value is -1.91. The molecule has 4 heteroatoms. The van der Waals surface area contributed by atoms with Crippen molar-refractivity contribution in [3.05, 3.63) is 48.0 Å². The van der Waals surface area contributed by atoms with E-state index >= 15 is 0 Å². The lowest BCUT2D eigenvalue weighted by atomic mass is 10.1. The van der Waals surface area contributed by atoms with Crippen LogP contribution in [0.15, 0.2) is 42.5 Å². The molecule has 0 unspecified atom stereocenters. The number of benzene rings is 2. The van der Waals surface area contributed by atoms with Gasteiger partial charge in [0.15, 0.2) is 0 Å². The van der Waals surface area contributed by atoms with Crippen LogP contribution in [0.3, 0.4) is 0 Å². The number of fused-ring (bicyclic) bond motifs is 1. The highest BCUT2D eigenvalue weighted by Gasteiger charge is 2.03. The molecule has 2 aromatic carbocycles. The van der Waals surface area contributed by atoms with Gasteiger partial charge in [0.2, 0.25) is 5.91 Å². The standard InChI is InChI=1S/C16H20N2O2/c17-7-9-20-10-8-18-16(19)12-13-5-6-14-3-1-2-4-15(14)11-13/h1-6,11H,7-10,12,17H2,(H,18,19). The third kappa shape index (κ3) is 4.33. The Kier molecular flexibility index (Phi) is 5.53. The Balaban J connectivity index is 1.83. The van der Waals surface area contributed by atoms with Crippen LogP contribution in [-0.4, -0.2) is 32.2 Å². The van der Waals surface area contributed by atoms with Crippen molar-refractivity contribution in [1.29, 1.82) is 0 Å². The summed E-state index contributed by atoms with van der Waals surface area (Å²) in [5.74, 6) is 0.0108. The van der Waals surface area contributed by atoms with Crippen LogP contribution < -0.4 is 11.1 Å². The van der Waals surface area contributed by atoms with E-state index in [1.54, 1.807) is 0 Å². The summed E-state index contributed by atoms with van der Waals surface area (Å²) < 4.78 is 5.20. The van der Waals surface area contributed by atoms with Crippen LogP contribution in [0.4, 0.5) is 0 Å². The zero-order chi connectivity index (χ0) is 14.2. The zero-order valence-electron chi connectivity index (χ0n) is 11.5. The molecule has 20 heavy (non-hydrogen) atoms. The van der Waals surface area contributed by atoms with Gasteiger partial charge in [-0.3, -0.25) is 4.79 Å². The molecule has 1 amide bonds. The van der Waals surface area contributed by atoms with Gasteiger partial charge in [-0.2, -0.15) is 0 Å². The van der Waals surface area contributed by atoms with Crippen molar-refractivity contribution in [3.8, 4) is 0 Å². The number of rotatable bonds is 7. The van der Waals surface area contributed by atoms with E-state index in [1.807, 2.05) is 24.3 Å².